The molecule has 1 aromatic rings. The first kappa shape index (κ1) is 10.1. The molecule has 6 heteroatoms. The van der Waals surface area contributed by atoms with Crippen LogP contribution in [0, 0.1) is 0 Å². The number of likely N-dealkylation sites (N-methyl/N-ethyl adjacent to an activating group) is 1. The smallest absolute Gasteiger partial charge is 0.248 e. The zero-order valence-electron chi connectivity index (χ0n) is 8.64. The lowest BCUT2D eigenvalue weighted by atomic mass is 10.3. The van der Waals surface area contributed by atoms with E-state index < -0.39 is 0 Å². The van der Waals surface area contributed by atoms with E-state index in [4.69, 9.17) is 5.21 Å². The van der Waals surface area contributed by atoms with Crippen molar-refractivity contribution in [2.45, 2.75) is 12.5 Å². The molecule has 3 N–H and O–H groups in total. The number of hydrogen-bond donors (Lipinski definition) is 3. The first-order valence-corrected chi connectivity index (χ1v) is 4.99. The summed E-state index contributed by atoms with van der Waals surface area (Å²) in [5, 5.41) is 11.9. The van der Waals surface area contributed by atoms with Crippen LogP contribution < -0.4 is 15.7 Å². The Kier molecular flexibility index (Phi) is 2.98. The molecule has 1 unspecified atom stereocenters. The Balaban J connectivity index is 2.09. The van der Waals surface area contributed by atoms with Crippen LogP contribution >= 0.6 is 0 Å². The Morgan fingerprint density at radius 1 is 1.60 bits per heavy atom. The van der Waals surface area contributed by atoms with Gasteiger partial charge >= 0.3 is 0 Å². The molecule has 0 spiro atoms. The number of nitrogens with one attached hydrogen (secondary N) is 2. The second kappa shape index (κ2) is 4.41. The number of hydrogen-bond acceptors (Lipinski definition) is 6. The SMILES string of the molecule is CNC1CCN(c2ccnc(NO)n2)C1. The van der Waals surface area contributed by atoms with Gasteiger partial charge in [0.15, 0.2) is 0 Å². The van der Waals surface area contributed by atoms with E-state index in [0.29, 0.717) is 6.04 Å². The maximum absolute atomic E-state index is 8.70. The highest BCUT2D eigenvalue weighted by molar-refractivity contribution is 5.43. The average molecular weight is 209 g/mol. The van der Waals surface area contributed by atoms with Crippen molar-refractivity contribution in [3.05, 3.63) is 12.3 Å². The maximum atomic E-state index is 8.70. The van der Waals surface area contributed by atoms with Gasteiger partial charge in [0.1, 0.15) is 5.82 Å². The van der Waals surface area contributed by atoms with Gasteiger partial charge in [-0.3, -0.25) is 5.21 Å². The lowest BCUT2D eigenvalue weighted by Crippen LogP contribution is -2.29. The Hall–Kier alpha value is -1.40. The predicted molar refractivity (Wildman–Crippen MR) is 57.1 cm³/mol. The minimum atomic E-state index is 0.236. The molecule has 1 aromatic heterocycles. The van der Waals surface area contributed by atoms with E-state index in [1.54, 1.807) is 6.20 Å². The summed E-state index contributed by atoms with van der Waals surface area (Å²) in [5.74, 6) is 1.08. The third kappa shape index (κ3) is 2.16. The van der Waals surface area contributed by atoms with Crippen molar-refractivity contribution < 1.29 is 5.21 Å². The highest BCUT2D eigenvalue weighted by Gasteiger charge is 2.22. The average Bonchev–Trinajstić information content (AvgIpc) is 2.78. The van der Waals surface area contributed by atoms with Crippen molar-refractivity contribution in [2.24, 2.45) is 0 Å². The Morgan fingerprint density at radius 2 is 2.47 bits per heavy atom. The van der Waals surface area contributed by atoms with Crippen LogP contribution in [0.15, 0.2) is 12.3 Å². The molecule has 1 saturated heterocycles. The van der Waals surface area contributed by atoms with Gasteiger partial charge < -0.3 is 10.2 Å². The standard InChI is InChI=1S/C9H15N5O/c1-10-7-3-5-14(6-7)8-2-4-11-9(12-8)13-15/h2,4,7,10,15H,3,5-6H2,1H3,(H,11,12,13). The van der Waals surface area contributed by atoms with Gasteiger partial charge in [-0.2, -0.15) is 4.98 Å². The van der Waals surface area contributed by atoms with Crippen molar-refractivity contribution in [1.29, 1.82) is 0 Å². The summed E-state index contributed by atoms with van der Waals surface area (Å²) in [6.07, 6.45) is 2.75. The molecule has 0 amide bonds. The molecule has 0 bridgehead atoms. The monoisotopic (exact) mass is 209 g/mol. The summed E-state index contributed by atoms with van der Waals surface area (Å²) in [4.78, 5) is 10.2. The molecule has 1 aliphatic heterocycles. The van der Waals surface area contributed by atoms with E-state index in [1.165, 1.54) is 0 Å². The van der Waals surface area contributed by atoms with Crippen LogP contribution in [0.25, 0.3) is 0 Å². The van der Waals surface area contributed by atoms with Gasteiger partial charge in [-0.25, -0.2) is 10.5 Å². The van der Waals surface area contributed by atoms with E-state index in [-0.39, 0.29) is 5.95 Å². The molecule has 1 fully saturated rings. The number of anilines is 2. The lowest BCUT2D eigenvalue weighted by molar-refractivity contribution is 0.382. The molecule has 0 radical (unpaired) electrons. The summed E-state index contributed by atoms with van der Waals surface area (Å²) in [7, 11) is 1.97. The van der Waals surface area contributed by atoms with Crippen LogP contribution in [0.5, 0.6) is 0 Å². The summed E-state index contributed by atoms with van der Waals surface area (Å²) in [6, 6.07) is 2.37. The van der Waals surface area contributed by atoms with E-state index in [2.05, 4.69) is 20.2 Å². The molecule has 15 heavy (non-hydrogen) atoms. The summed E-state index contributed by atoms with van der Waals surface area (Å²) in [5.41, 5.74) is 1.95. The van der Waals surface area contributed by atoms with E-state index in [0.717, 1.165) is 25.3 Å². The largest absolute Gasteiger partial charge is 0.355 e. The highest BCUT2D eigenvalue weighted by Crippen LogP contribution is 2.18. The summed E-state index contributed by atoms with van der Waals surface area (Å²) >= 11 is 0. The third-order valence-corrected chi connectivity index (χ3v) is 2.66. The second-order valence-electron chi connectivity index (χ2n) is 3.57. The highest BCUT2D eigenvalue weighted by atomic mass is 16.5. The Bertz CT molecular complexity index is 332. The number of rotatable bonds is 3. The molecular weight excluding hydrogens is 194 g/mol. The van der Waals surface area contributed by atoms with Crippen LogP contribution in [-0.2, 0) is 0 Å². The molecular formula is C9H15N5O. The summed E-state index contributed by atoms with van der Waals surface area (Å²) < 4.78 is 0. The van der Waals surface area contributed by atoms with E-state index in [9.17, 15) is 0 Å². The van der Waals surface area contributed by atoms with Crippen LogP contribution in [0.4, 0.5) is 11.8 Å². The molecule has 2 rings (SSSR count). The fourth-order valence-electron chi connectivity index (χ4n) is 1.78. The van der Waals surface area contributed by atoms with Gasteiger partial charge in [0.25, 0.3) is 0 Å². The molecule has 6 nitrogen and oxygen atoms in total. The molecule has 1 aliphatic rings. The van der Waals surface area contributed by atoms with Crippen molar-refractivity contribution in [2.75, 3.05) is 30.5 Å². The van der Waals surface area contributed by atoms with Gasteiger partial charge in [-0.05, 0) is 19.5 Å². The second-order valence-corrected chi connectivity index (χ2v) is 3.57. The van der Waals surface area contributed by atoms with Crippen molar-refractivity contribution in [1.82, 2.24) is 15.3 Å². The molecule has 1 atom stereocenters. The first-order chi connectivity index (χ1) is 7.33. The zero-order valence-corrected chi connectivity index (χ0v) is 8.64. The van der Waals surface area contributed by atoms with Gasteiger partial charge in [0.2, 0.25) is 5.95 Å². The van der Waals surface area contributed by atoms with Crippen molar-refractivity contribution in [3.8, 4) is 0 Å². The predicted octanol–water partition coefficient (Wildman–Crippen LogP) is 0.0758. The Morgan fingerprint density at radius 3 is 3.13 bits per heavy atom. The third-order valence-electron chi connectivity index (χ3n) is 2.66. The van der Waals surface area contributed by atoms with Crippen LogP contribution in [0.3, 0.4) is 0 Å². The zero-order chi connectivity index (χ0) is 10.7. The fraction of sp³-hybridized carbons (Fsp3) is 0.556. The number of aromatic nitrogens is 2. The minimum absolute atomic E-state index is 0.236. The van der Waals surface area contributed by atoms with Crippen LogP contribution in [-0.4, -0.2) is 41.4 Å². The topological polar surface area (TPSA) is 73.3 Å². The molecule has 0 aliphatic carbocycles. The number of nitrogens with zero attached hydrogens (tertiary/aromatic N) is 3. The first-order valence-electron chi connectivity index (χ1n) is 4.99. The molecule has 0 aromatic carbocycles. The van der Waals surface area contributed by atoms with Crippen LogP contribution in [0.2, 0.25) is 0 Å². The van der Waals surface area contributed by atoms with Gasteiger partial charge in [0, 0.05) is 25.3 Å². The van der Waals surface area contributed by atoms with E-state index >= 15 is 0 Å². The normalized spacial score (nSPS) is 20.7. The quantitative estimate of drug-likeness (QED) is 0.612. The minimum Gasteiger partial charge on any atom is -0.355 e. The Labute approximate surface area is 88.3 Å². The van der Waals surface area contributed by atoms with Gasteiger partial charge in [0.05, 0.1) is 0 Å². The van der Waals surface area contributed by atoms with Gasteiger partial charge in [-0.15, -0.1) is 0 Å². The van der Waals surface area contributed by atoms with Crippen molar-refractivity contribution in [3.63, 3.8) is 0 Å². The van der Waals surface area contributed by atoms with Crippen LogP contribution in [0.1, 0.15) is 6.42 Å². The lowest BCUT2D eigenvalue weighted by Gasteiger charge is -2.17. The van der Waals surface area contributed by atoms with Gasteiger partial charge in [-0.1, -0.05) is 0 Å². The fourth-order valence-corrected chi connectivity index (χ4v) is 1.78. The summed E-state index contributed by atoms with van der Waals surface area (Å²) in [6.45, 7) is 1.92. The molecule has 0 saturated carbocycles. The van der Waals surface area contributed by atoms with E-state index in [1.807, 2.05) is 18.6 Å². The molecule has 82 valence electrons. The maximum Gasteiger partial charge on any atom is 0.248 e. The van der Waals surface area contributed by atoms with Crippen molar-refractivity contribution >= 4 is 11.8 Å². The molecule has 2 heterocycles.